The molecule has 0 aliphatic heterocycles. The van der Waals surface area contributed by atoms with Gasteiger partial charge in [-0.2, -0.15) is 0 Å². The van der Waals surface area contributed by atoms with Gasteiger partial charge in [0.15, 0.2) is 0 Å². The molecule has 2 N–H and O–H groups in total. The van der Waals surface area contributed by atoms with Crippen LogP contribution in [0, 0.1) is 5.41 Å². The minimum atomic E-state index is -1.53. The Bertz CT molecular complexity index is 410. The van der Waals surface area contributed by atoms with E-state index < -0.39 is 17.0 Å². The Hall–Kier alpha value is -1.06. The molecule has 16 heavy (non-hydrogen) atoms. The lowest BCUT2D eigenvalue weighted by Crippen LogP contribution is -2.45. The second kappa shape index (κ2) is 4.07. The zero-order chi connectivity index (χ0) is 12.6. The SMILES string of the molecule is CC(C)(C(=O)O)C(C)(O)c1ccccc1Cl. The number of rotatable bonds is 3. The van der Waals surface area contributed by atoms with Gasteiger partial charge in [-0.25, -0.2) is 0 Å². The summed E-state index contributed by atoms with van der Waals surface area (Å²) in [4.78, 5) is 11.1. The summed E-state index contributed by atoms with van der Waals surface area (Å²) in [5.74, 6) is -1.07. The number of carboxylic acids is 1. The van der Waals surface area contributed by atoms with Crippen LogP contribution in [-0.4, -0.2) is 16.2 Å². The van der Waals surface area contributed by atoms with Crippen LogP contribution in [0.1, 0.15) is 26.3 Å². The van der Waals surface area contributed by atoms with Gasteiger partial charge >= 0.3 is 5.97 Å². The van der Waals surface area contributed by atoms with Crippen molar-refractivity contribution < 1.29 is 15.0 Å². The van der Waals surface area contributed by atoms with Gasteiger partial charge < -0.3 is 10.2 Å². The molecule has 0 bridgehead atoms. The van der Waals surface area contributed by atoms with Gasteiger partial charge in [-0.05, 0) is 26.8 Å². The highest BCUT2D eigenvalue weighted by atomic mass is 35.5. The summed E-state index contributed by atoms with van der Waals surface area (Å²) in [5.41, 5.74) is -2.43. The standard InChI is InChI=1S/C12H15ClO3/c1-11(2,10(14)15)12(3,16)8-6-4-5-7-9(8)13/h4-7,16H,1-3H3,(H,14,15). The highest BCUT2D eigenvalue weighted by Gasteiger charge is 2.47. The first-order valence-electron chi connectivity index (χ1n) is 4.92. The zero-order valence-corrected chi connectivity index (χ0v) is 10.2. The maximum Gasteiger partial charge on any atom is 0.312 e. The number of benzene rings is 1. The lowest BCUT2D eigenvalue weighted by Gasteiger charge is -2.37. The highest BCUT2D eigenvalue weighted by molar-refractivity contribution is 6.31. The Labute approximate surface area is 99.7 Å². The summed E-state index contributed by atoms with van der Waals surface area (Å²) in [5, 5.41) is 19.9. The second-order valence-electron chi connectivity index (χ2n) is 4.48. The fourth-order valence-electron chi connectivity index (χ4n) is 1.40. The molecule has 0 saturated carbocycles. The van der Waals surface area contributed by atoms with Gasteiger partial charge in [0.05, 0.1) is 5.41 Å². The van der Waals surface area contributed by atoms with Crippen LogP contribution >= 0.6 is 11.6 Å². The lowest BCUT2D eigenvalue weighted by atomic mass is 9.72. The summed E-state index contributed by atoms with van der Waals surface area (Å²) >= 11 is 5.97. The molecule has 0 radical (unpaired) electrons. The Balaban J connectivity index is 3.32. The van der Waals surface area contributed by atoms with Gasteiger partial charge in [0, 0.05) is 10.6 Å². The average Bonchev–Trinajstić information content (AvgIpc) is 2.17. The summed E-state index contributed by atoms with van der Waals surface area (Å²) in [6, 6.07) is 6.71. The van der Waals surface area contributed by atoms with Crippen LogP contribution in [0.25, 0.3) is 0 Å². The first kappa shape index (κ1) is 13.0. The van der Waals surface area contributed by atoms with Gasteiger partial charge in [0.2, 0.25) is 0 Å². The third-order valence-electron chi connectivity index (χ3n) is 3.15. The fraction of sp³-hybridized carbons (Fsp3) is 0.417. The average molecular weight is 243 g/mol. The Morgan fingerprint density at radius 3 is 2.19 bits per heavy atom. The molecule has 4 heteroatoms. The molecule has 1 aromatic carbocycles. The zero-order valence-electron chi connectivity index (χ0n) is 9.49. The predicted molar refractivity (Wildman–Crippen MR) is 62.4 cm³/mol. The lowest BCUT2D eigenvalue weighted by molar-refractivity contribution is -0.164. The van der Waals surface area contributed by atoms with Crippen molar-refractivity contribution in [2.75, 3.05) is 0 Å². The quantitative estimate of drug-likeness (QED) is 0.857. The van der Waals surface area contributed by atoms with Crippen LogP contribution in [0.15, 0.2) is 24.3 Å². The van der Waals surface area contributed by atoms with Crippen molar-refractivity contribution in [1.29, 1.82) is 0 Å². The van der Waals surface area contributed by atoms with E-state index in [9.17, 15) is 9.90 Å². The van der Waals surface area contributed by atoms with Crippen LogP contribution in [0.2, 0.25) is 5.02 Å². The summed E-state index contributed by atoms with van der Waals surface area (Å²) in [7, 11) is 0. The van der Waals surface area contributed by atoms with E-state index in [2.05, 4.69) is 0 Å². The third-order valence-corrected chi connectivity index (χ3v) is 3.48. The molecule has 0 heterocycles. The monoisotopic (exact) mass is 242 g/mol. The third kappa shape index (κ3) is 1.93. The van der Waals surface area contributed by atoms with E-state index in [-0.39, 0.29) is 0 Å². The number of halogens is 1. The fourth-order valence-corrected chi connectivity index (χ4v) is 1.72. The molecule has 1 aromatic rings. The normalized spacial score (nSPS) is 15.6. The van der Waals surface area contributed by atoms with Crippen molar-refractivity contribution in [3.05, 3.63) is 34.9 Å². The highest BCUT2D eigenvalue weighted by Crippen LogP contribution is 2.42. The maximum absolute atomic E-state index is 11.1. The molecule has 0 aliphatic carbocycles. The van der Waals surface area contributed by atoms with E-state index in [4.69, 9.17) is 16.7 Å². The molecule has 1 atom stereocenters. The Morgan fingerprint density at radius 1 is 1.25 bits per heavy atom. The van der Waals surface area contributed by atoms with Crippen LogP contribution < -0.4 is 0 Å². The van der Waals surface area contributed by atoms with Crippen molar-refractivity contribution in [2.24, 2.45) is 5.41 Å². The topological polar surface area (TPSA) is 57.5 Å². The van der Waals surface area contributed by atoms with Gasteiger partial charge in [-0.1, -0.05) is 29.8 Å². The van der Waals surface area contributed by atoms with Crippen molar-refractivity contribution in [3.8, 4) is 0 Å². The van der Waals surface area contributed by atoms with Crippen molar-refractivity contribution in [2.45, 2.75) is 26.4 Å². The smallest absolute Gasteiger partial charge is 0.312 e. The molecule has 1 rings (SSSR count). The molecular formula is C12H15ClO3. The number of hydrogen-bond acceptors (Lipinski definition) is 2. The molecule has 0 fully saturated rings. The minimum absolute atomic E-state index is 0.363. The first-order valence-corrected chi connectivity index (χ1v) is 5.30. The van der Waals surface area contributed by atoms with E-state index in [0.29, 0.717) is 10.6 Å². The van der Waals surface area contributed by atoms with Crippen LogP contribution in [-0.2, 0) is 10.4 Å². The molecule has 0 aromatic heterocycles. The van der Waals surface area contributed by atoms with Gasteiger partial charge in [0.25, 0.3) is 0 Å². The van der Waals surface area contributed by atoms with Crippen LogP contribution in [0.4, 0.5) is 0 Å². The maximum atomic E-state index is 11.1. The predicted octanol–water partition coefficient (Wildman–Crippen LogP) is 2.66. The Kier molecular flexibility index (Phi) is 3.31. The van der Waals surface area contributed by atoms with E-state index in [1.54, 1.807) is 24.3 Å². The molecule has 88 valence electrons. The number of hydrogen-bond donors (Lipinski definition) is 2. The molecule has 3 nitrogen and oxygen atoms in total. The van der Waals surface area contributed by atoms with Crippen molar-refractivity contribution in [1.82, 2.24) is 0 Å². The molecule has 0 spiro atoms. The second-order valence-corrected chi connectivity index (χ2v) is 4.89. The minimum Gasteiger partial charge on any atom is -0.481 e. The number of carboxylic acid groups (broad SMARTS) is 1. The number of carbonyl (C=O) groups is 1. The molecule has 0 saturated heterocycles. The number of aliphatic hydroxyl groups is 1. The summed E-state index contributed by atoms with van der Waals surface area (Å²) in [6.45, 7) is 4.40. The van der Waals surface area contributed by atoms with E-state index in [1.807, 2.05) is 0 Å². The van der Waals surface area contributed by atoms with Gasteiger partial charge in [-0.3, -0.25) is 4.79 Å². The van der Waals surface area contributed by atoms with Gasteiger partial charge in [0.1, 0.15) is 5.60 Å². The molecule has 0 aliphatic rings. The van der Waals surface area contributed by atoms with E-state index >= 15 is 0 Å². The molecule has 1 unspecified atom stereocenters. The Morgan fingerprint density at radius 2 is 1.75 bits per heavy atom. The van der Waals surface area contributed by atoms with Crippen molar-refractivity contribution in [3.63, 3.8) is 0 Å². The van der Waals surface area contributed by atoms with Crippen LogP contribution in [0.3, 0.4) is 0 Å². The van der Waals surface area contributed by atoms with Crippen LogP contribution in [0.5, 0.6) is 0 Å². The van der Waals surface area contributed by atoms with Gasteiger partial charge in [-0.15, -0.1) is 0 Å². The van der Waals surface area contributed by atoms with Crippen molar-refractivity contribution >= 4 is 17.6 Å². The summed E-state index contributed by atoms with van der Waals surface area (Å²) in [6.07, 6.45) is 0. The number of aliphatic carboxylic acids is 1. The van der Waals surface area contributed by atoms with E-state index in [1.165, 1.54) is 20.8 Å². The first-order chi connectivity index (χ1) is 7.21. The molecular weight excluding hydrogens is 228 g/mol. The largest absolute Gasteiger partial charge is 0.481 e. The molecule has 0 amide bonds. The van der Waals surface area contributed by atoms with E-state index in [0.717, 1.165) is 0 Å². The summed E-state index contributed by atoms with van der Waals surface area (Å²) < 4.78 is 0.